The highest BCUT2D eigenvalue weighted by molar-refractivity contribution is 7.80. The van der Waals surface area contributed by atoms with Crippen molar-refractivity contribution in [3.8, 4) is 0 Å². The lowest BCUT2D eigenvalue weighted by molar-refractivity contribution is 0.0954. The third-order valence-electron chi connectivity index (χ3n) is 1.69. The predicted molar refractivity (Wildman–Crippen MR) is 60.8 cm³/mol. The van der Waals surface area contributed by atoms with Gasteiger partial charge in [0.1, 0.15) is 0 Å². The summed E-state index contributed by atoms with van der Waals surface area (Å²) in [6.45, 7) is 0.376. The van der Waals surface area contributed by atoms with Gasteiger partial charge in [-0.15, -0.1) is 0 Å². The number of carbonyl (C=O) groups is 1. The molecule has 80 valence electrons. The van der Waals surface area contributed by atoms with Gasteiger partial charge in [0.15, 0.2) is 0 Å². The summed E-state index contributed by atoms with van der Waals surface area (Å²) in [6, 6.07) is 2.76. The molecule has 4 N–H and O–H groups in total. The number of nitrogens with one attached hydrogen (secondary N) is 2. The monoisotopic (exact) mass is 225 g/mol. The molecule has 0 unspecified atom stereocenters. The van der Waals surface area contributed by atoms with Crippen molar-refractivity contribution in [1.82, 2.24) is 10.3 Å². The number of hydrogen-bond donors (Lipinski definition) is 3. The van der Waals surface area contributed by atoms with Gasteiger partial charge in [-0.3, -0.25) is 9.59 Å². The molecular formula is C9H11N3O2S. The van der Waals surface area contributed by atoms with Crippen molar-refractivity contribution in [3.05, 3.63) is 34.2 Å². The summed E-state index contributed by atoms with van der Waals surface area (Å²) in [7, 11) is 0. The lowest BCUT2D eigenvalue weighted by Crippen LogP contribution is -2.28. The number of thiocarbonyl (C=S) groups is 1. The van der Waals surface area contributed by atoms with E-state index in [4.69, 9.17) is 5.73 Å². The van der Waals surface area contributed by atoms with Gasteiger partial charge in [0.2, 0.25) is 5.56 Å². The Hall–Kier alpha value is -1.69. The number of aromatic nitrogens is 1. The fourth-order valence-corrected chi connectivity index (χ4v) is 1.09. The summed E-state index contributed by atoms with van der Waals surface area (Å²) in [4.78, 5) is 25.1. The van der Waals surface area contributed by atoms with Gasteiger partial charge in [0, 0.05) is 30.8 Å². The highest BCUT2D eigenvalue weighted by Gasteiger charge is 2.04. The zero-order valence-corrected chi connectivity index (χ0v) is 8.76. The van der Waals surface area contributed by atoms with Crippen LogP contribution in [0.4, 0.5) is 0 Å². The van der Waals surface area contributed by atoms with Gasteiger partial charge in [0.25, 0.3) is 5.91 Å². The van der Waals surface area contributed by atoms with E-state index in [1.165, 1.54) is 18.3 Å². The van der Waals surface area contributed by atoms with E-state index in [1.54, 1.807) is 0 Å². The molecule has 0 aliphatic rings. The summed E-state index contributed by atoms with van der Waals surface area (Å²) >= 11 is 4.66. The fraction of sp³-hybridized carbons (Fsp3) is 0.222. The molecule has 0 spiro atoms. The molecular weight excluding hydrogens is 214 g/mol. The van der Waals surface area contributed by atoms with E-state index in [1.807, 2.05) is 0 Å². The zero-order valence-electron chi connectivity index (χ0n) is 7.95. The average molecular weight is 225 g/mol. The lowest BCUT2D eigenvalue weighted by Gasteiger charge is -2.03. The largest absolute Gasteiger partial charge is 0.393 e. The first-order valence-electron chi connectivity index (χ1n) is 4.35. The average Bonchev–Trinajstić information content (AvgIpc) is 2.17. The first-order valence-corrected chi connectivity index (χ1v) is 4.75. The third kappa shape index (κ3) is 3.90. The Morgan fingerprint density at radius 3 is 2.93 bits per heavy atom. The van der Waals surface area contributed by atoms with Crippen LogP contribution in [-0.2, 0) is 0 Å². The summed E-state index contributed by atoms with van der Waals surface area (Å²) < 4.78 is 0. The van der Waals surface area contributed by atoms with E-state index in [0.29, 0.717) is 23.5 Å². The molecule has 0 radical (unpaired) electrons. The van der Waals surface area contributed by atoms with Gasteiger partial charge < -0.3 is 16.0 Å². The Labute approximate surface area is 91.7 Å². The minimum atomic E-state index is -0.308. The maximum atomic E-state index is 11.4. The van der Waals surface area contributed by atoms with E-state index in [0.717, 1.165) is 0 Å². The van der Waals surface area contributed by atoms with Gasteiger partial charge in [-0.1, -0.05) is 12.2 Å². The van der Waals surface area contributed by atoms with Crippen LogP contribution in [0.15, 0.2) is 23.1 Å². The Kier molecular flexibility index (Phi) is 3.99. The second-order valence-electron chi connectivity index (χ2n) is 2.91. The topological polar surface area (TPSA) is 88.0 Å². The molecule has 1 amide bonds. The molecule has 0 saturated carbocycles. The number of aromatic amines is 1. The number of H-pyrrole nitrogens is 1. The van der Waals surface area contributed by atoms with Crippen LogP contribution in [0.25, 0.3) is 0 Å². The van der Waals surface area contributed by atoms with Crippen LogP contribution in [0.3, 0.4) is 0 Å². The molecule has 0 bridgehead atoms. The summed E-state index contributed by atoms with van der Waals surface area (Å²) in [6.07, 6.45) is 1.87. The molecule has 1 heterocycles. The van der Waals surface area contributed by atoms with Gasteiger partial charge in [-0.05, 0) is 6.07 Å². The second-order valence-corrected chi connectivity index (χ2v) is 3.44. The number of amides is 1. The number of hydrogen-bond acceptors (Lipinski definition) is 3. The highest BCUT2D eigenvalue weighted by atomic mass is 32.1. The summed E-state index contributed by atoms with van der Waals surface area (Å²) in [5, 5.41) is 2.60. The third-order valence-corrected chi connectivity index (χ3v) is 1.90. The van der Waals surface area contributed by atoms with Crippen molar-refractivity contribution >= 4 is 23.1 Å². The fourth-order valence-electron chi connectivity index (χ4n) is 0.987. The molecule has 0 saturated heterocycles. The van der Waals surface area contributed by atoms with Crippen molar-refractivity contribution < 1.29 is 4.79 Å². The molecule has 0 fully saturated rings. The van der Waals surface area contributed by atoms with Crippen LogP contribution in [0, 0.1) is 0 Å². The van der Waals surface area contributed by atoms with Crippen LogP contribution >= 0.6 is 12.2 Å². The smallest absolute Gasteiger partial charge is 0.251 e. The van der Waals surface area contributed by atoms with E-state index in [-0.39, 0.29) is 11.5 Å². The Balaban J connectivity index is 2.54. The van der Waals surface area contributed by atoms with Crippen molar-refractivity contribution in [1.29, 1.82) is 0 Å². The molecule has 15 heavy (non-hydrogen) atoms. The first kappa shape index (κ1) is 11.4. The minimum Gasteiger partial charge on any atom is -0.393 e. The maximum absolute atomic E-state index is 11.4. The maximum Gasteiger partial charge on any atom is 0.251 e. The molecule has 5 nitrogen and oxygen atoms in total. The quantitative estimate of drug-likeness (QED) is 0.618. The SMILES string of the molecule is NC(=S)CCNC(=O)c1cc[nH]c(=O)c1. The van der Waals surface area contributed by atoms with Crippen LogP contribution in [0.5, 0.6) is 0 Å². The Bertz CT molecular complexity index is 427. The van der Waals surface area contributed by atoms with Crippen LogP contribution in [0.2, 0.25) is 0 Å². The molecule has 6 heteroatoms. The van der Waals surface area contributed by atoms with Crippen LogP contribution < -0.4 is 16.6 Å². The normalized spacial score (nSPS) is 9.60. The highest BCUT2D eigenvalue weighted by Crippen LogP contribution is 1.92. The van der Waals surface area contributed by atoms with Crippen LogP contribution in [-0.4, -0.2) is 22.4 Å². The van der Waals surface area contributed by atoms with Gasteiger partial charge in [-0.25, -0.2) is 0 Å². The molecule has 1 rings (SSSR count). The van der Waals surface area contributed by atoms with E-state index in [9.17, 15) is 9.59 Å². The minimum absolute atomic E-state index is 0.308. The molecule has 0 aliphatic carbocycles. The number of carbonyl (C=O) groups excluding carboxylic acids is 1. The molecule has 1 aromatic heterocycles. The number of rotatable bonds is 4. The molecule has 0 atom stereocenters. The van der Waals surface area contributed by atoms with E-state index in [2.05, 4.69) is 22.5 Å². The molecule has 1 aromatic rings. The lowest BCUT2D eigenvalue weighted by atomic mass is 10.2. The van der Waals surface area contributed by atoms with Gasteiger partial charge >= 0.3 is 0 Å². The standard InChI is InChI=1S/C9H11N3O2S/c10-7(15)2-4-12-9(14)6-1-3-11-8(13)5-6/h1,3,5H,2,4H2,(H2,10,15)(H,11,13)(H,12,14). The number of nitrogens with two attached hydrogens (primary N) is 1. The van der Waals surface area contributed by atoms with Gasteiger partial charge in [-0.2, -0.15) is 0 Å². The second kappa shape index (κ2) is 5.26. The Morgan fingerprint density at radius 1 is 1.60 bits per heavy atom. The van der Waals surface area contributed by atoms with E-state index < -0.39 is 0 Å². The van der Waals surface area contributed by atoms with Crippen molar-refractivity contribution in [3.63, 3.8) is 0 Å². The van der Waals surface area contributed by atoms with Crippen molar-refractivity contribution in [2.24, 2.45) is 5.73 Å². The molecule has 0 aromatic carbocycles. The Morgan fingerprint density at radius 2 is 2.33 bits per heavy atom. The van der Waals surface area contributed by atoms with Crippen molar-refractivity contribution in [2.45, 2.75) is 6.42 Å². The number of pyridine rings is 1. The van der Waals surface area contributed by atoms with Gasteiger partial charge in [0.05, 0.1) is 4.99 Å². The van der Waals surface area contributed by atoms with E-state index >= 15 is 0 Å². The predicted octanol–water partition coefficient (Wildman–Crippen LogP) is -0.219. The zero-order chi connectivity index (χ0) is 11.3. The molecule has 0 aliphatic heterocycles. The summed E-state index contributed by atoms with van der Waals surface area (Å²) in [5.41, 5.74) is 5.28. The first-order chi connectivity index (χ1) is 7.09. The van der Waals surface area contributed by atoms with Crippen LogP contribution in [0.1, 0.15) is 16.8 Å². The summed E-state index contributed by atoms with van der Waals surface area (Å²) in [5.74, 6) is -0.308. The van der Waals surface area contributed by atoms with Crippen molar-refractivity contribution in [2.75, 3.05) is 6.54 Å².